The van der Waals surface area contributed by atoms with Crippen molar-refractivity contribution < 1.29 is 31.2 Å². The molecule has 10 heteroatoms. The fourth-order valence-corrected chi connectivity index (χ4v) is 4.36. The molecule has 174 valence electrons. The van der Waals surface area contributed by atoms with E-state index < -0.39 is 51.4 Å². The predicted octanol–water partition coefficient (Wildman–Crippen LogP) is 3.54. The molecule has 0 aromatic heterocycles. The van der Waals surface area contributed by atoms with Crippen LogP contribution >= 0.6 is 0 Å². The average molecular weight is 471 g/mol. The molecule has 0 radical (unpaired) electrons. The Balaban J connectivity index is 1.92. The van der Waals surface area contributed by atoms with E-state index in [0.717, 1.165) is 22.6 Å². The van der Waals surface area contributed by atoms with Gasteiger partial charge in [0.25, 0.3) is 0 Å². The first-order valence-corrected chi connectivity index (χ1v) is 11.8. The van der Waals surface area contributed by atoms with Gasteiger partial charge in [-0.2, -0.15) is 13.2 Å². The Labute approximate surface area is 185 Å². The van der Waals surface area contributed by atoms with Crippen LogP contribution in [0.25, 0.3) is 0 Å². The van der Waals surface area contributed by atoms with E-state index in [2.05, 4.69) is 5.32 Å². The zero-order valence-electron chi connectivity index (χ0n) is 17.6. The molecule has 0 fully saturated rings. The Hall–Kier alpha value is -2.88. The van der Waals surface area contributed by atoms with Crippen molar-refractivity contribution in [3.8, 4) is 0 Å². The van der Waals surface area contributed by atoms with Gasteiger partial charge >= 0.3 is 6.18 Å². The third-order valence-corrected chi connectivity index (χ3v) is 6.28. The number of nitrogens with zero attached hydrogens (tertiary/aromatic N) is 1. The Morgan fingerprint density at radius 3 is 2.25 bits per heavy atom. The molecule has 0 aliphatic rings. The van der Waals surface area contributed by atoms with E-state index in [1.807, 2.05) is 30.3 Å². The van der Waals surface area contributed by atoms with E-state index in [9.17, 15) is 31.2 Å². The third-order valence-electron chi connectivity index (χ3n) is 4.68. The van der Waals surface area contributed by atoms with Gasteiger partial charge in [-0.1, -0.05) is 42.5 Å². The first kappa shape index (κ1) is 25.4. The van der Waals surface area contributed by atoms with Crippen LogP contribution in [0.15, 0.2) is 54.6 Å². The highest BCUT2D eigenvalue weighted by Crippen LogP contribution is 2.34. The maximum Gasteiger partial charge on any atom is 0.418 e. The second kappa shape index (κ2) is 11.1. The molecule has 0 aliphatic carbocycles. The fourth-order valence-electron chi connectivity index (χ4n) is 3.07. The molecule has 0 unspecified atom stereocenters. The van der Waals surface area contributed by atoms with Gasteiger partial charge in [0, 0.05) is 6.54 Å². The summed E-state index contributed by atoms with van der Waals surface area (Å²) in [4.78, 5) is 25.7. The number of sulfone groups is 1. The average Bonchev–Trinajstić information content (AvgIpc) is 2.71. The minimum absolute atomic E-state index is 0.0344. The quantitative estimate of drug-likeness (QED) is 0.576. The van der Waals surface area contributed by atoms with Crippen LogP contribution in [0.2, 0.25) is 0 Å². The highest BCUT2D eigenvalue weighted by atomic mass is 32.2. The number of halogens is 3. The predicted molar refractivity (Wildman–Crippen MR) is 116 cm³/mol. The molecule has 2 rings (SSSR count). The van der Waals surface area contributed by atoms with Gasteiger partial charge in [0.1, 0.15) is 5.75 Å². The van der Waals surface area contributed by atoms with Crippen molar-refractivity contribution in [2.24, 2.45) is 0 Å². The Morgan fingerprint density at radius 1 is 1.00 bits per heavy atom. The first-order valence-electron chi connectivity index (χ1n) is 10.00. The van der Waals surface area contributed by atoms with Crippen molar-refractivity contribution in [3.05, 3.63) is 65.7 Å². The van der Waals surface area contributed by atoms with Crippen LogP contribution in [0.5, 0.6) is 0 Å². The van der Waals surface area contributed by atoms with E-state index in [1.165, 1.54) is 12.1 Å². The number of carbonyl (C=O) groups is 2. The van der Waals surface area contributed by atoms with E-state index >= 15 is 0 Å². The smallest absolute Gasteiger partial charge is 0.333 e. The minimum atomic E-state index is -4.65. The molecular weight excluding hydrogens is 445 g/mol. The number of rotatable bonds is 10. The van der Waals surface area contributed by atoms with Crippen molar-refractivity contribution in [2.75, 3.05) is 29.9 Å². The summed E-state index contributed by atoms with van der Waals surface area (Å²) >= 11 is 0. The summed E-state index contributed by atoms with van der Waals surface area (Å²) in [6, 6.07) is 13.8. The Bertz CT molecular complexity index is 1020. The van der Waals surface area contributed by atoms with E-state index in [1.54, 1.807) is 6.92 Å². The highest BCUT2D eigenvalue weighted by Gasteiger charge is 2.33. The van der Waals surface area contributed by atoms with E-state index in [0.29, 0.717) is 12.8 Å². The lowest BCUT2D eigenvalue weighted by atomic mass is 10.1. The molecule has 0 spiro atoms. The standard InChI is InChI=1S/C22H25F3N2O4S/c1-2-27(15-20(28)26-19-13-7-6-12-18(19)22(23,24)25)21(29)16-32(30,31)14-8-11-17-9-4-3-5-10-17/h3-7,9-10,12-13H,2,8,11,14-16H2,1H3,(H,26,28). The maximum absolute atomic E-state index is 13.1. The molecule has 2 amide bonds. The number of benzene rings is 2. The summed E-state index contributed by atoms with van der Waals surface area (Å²) in [7, 11) is -3.70. The van der Waals surface area contributed by atoms with Crippen LogP contribution in [0.3, 0.4) is 0 Å². The van der Waals surface area contributed by atoms with Crippen molar-refractivity contribution in [1.29, 1.82) is 0 Å². The van der Waals surface area contributed by atoms with Crippen LogP contribution in [-0.4, -0.2) is 49.7 Å². The van der Waals surface area contributed by atoms with Gasteiger partial charge in [-0.3, -0.25) is 9.59 Å². The van der Waals surface area contributed by atoms with Crippen LogP contribution < -0.4 is 5.32 Å². The normalized spacial score (nSPS) is 11.8. The SMILES string of the molecule is CCN(CC(=O)Nc1ccccc1C(F)(F)F)C(=O)CS(=O)(=O)CCCc1ccccc1. The summed E-state index contributed by atoms with van der Waals surface area (Å²) < 4.78 is 63.8. The van der Waals surface area contributed by atoms with Gasteiger partial charge in [0.15, 0.2) is 9.84 Å². The lowest BCUT2D eigenvalue weighted by Crippen LogP contribution is -2.41. The summed E-state index contributed by atoms with van der Waals surface area (Å²) in [6.07, 6.45) is -3.76. The summed E-state index contributed by atoms with van der Waals surface area (Å²) in [5.74, 6) is -2.57. The van der Waals surface area contributed by atoms with E-state index in [-0.39, 0.29) is 12.3 Å². The van der Waals surface area contributed by atoms with Gasteiger partial charge in [-0.15, -0.1) is 0 Å². The molecule has 0 heterocycles. The topological polar surface area (TPSA) is 83.6 Å². The number of nitrogens with one attached hydrogen (secondary N) is 1. The number of para-hydroxylation sites is 1. The number of anilines is 1. The fraction of sp³-hybridized carbons (Fsp3) is 0.364. The molecule has 0 saturated heterocycles. The van der Waals surface area contributed by atoms with Crippen LogP contribution in [0, 0.1) is 0 Å². The van der Waals surface area contributed by atoms with Crippen molar-refractivity contribution in [1.82, 2.24) is 4.90 Å². The molecule has 0 saturated carbocycles. The molecule has 2 aromatic carbocycles. The third kappa shape index (κ3) is 7.99. The molecule has 0 bridgehead atoms. The summed E-state index contributed by atoms with van der Waals surface area (Å²) in [5.41, 5.74) is -0.453. The van der Waals surface area contributed by atoms with Crippen LogP contribution in [0.4, 0.5) is 18.9 Å². The molecule has 0 aliphatic heterocycles. The summed E-state index contributed by atoms with van der Waals surface area (Å²) in [5, 5.41) is 2.15. The maximum atomic E-state index is 13.1. The van der Waals surface area contributed by atoms with Crippen molar-refractivity contribution in [3.63, 3.8) is 0 Å². The Kier molecular flexibility index (Phi) is 8.82. The lowest BCUT2D eigenvalue weighted by Gasteiger charge is -2.21. The van der Waals surface area contributed by atoms with E-state index in [4.69, 9.17) is 0 Å². The molecular formula is C22H25F3N2O4S. The number of hydrogen-bond donors (Lipinski definition) is 1. The molecule has 6 nitrogen and oxygen atoms in total. The van der Waals surface area contributed by atoms with Gasteiger partial charge in [0.2, 0.25) is 11.8 Å². The number of aryl methyl sites for hydroxylation is 1. The second-order valence-corrected chi connectivity index (χ2v) is 9.36. The first-order chi connectivity index (χ1) is 15.0. The van der Waals surface area contributed by atoms with Gasteiger partial charge < -0.3 is 10.2 Å². The van der Waals surface area contributed by atoms with Crippen molar-refractivity contribution in [2.45, 2.75) is 25.9 Å². The number of alkyl halides is 3. The molecule has 2 aromatic rings. The molecule has 1 N–H and O–H groups in total. The second-order valence-electron chi connectivity index (χ2n) is 7.18. The van der Waals surface area contributed by atoms with Gasteiger partial charge in [-0.05, 0) is 37.5 Å². The number of carbonyl (C=O) groups excluding carboxylic acids is 2. The summed E-state index contributed by atoms with van der Waals surface area (Å²) in [6.45, 7) is 1.03. The monoisotopic (exact) mass is 470 g/mol. The number of amides is 2. The highest BCUT2D eigenvalue weighted by molar-refractivity contribution is 7.92. The zero-order chi connectivity index (χ0) is 23.8. The number of likely N-dealkylation sites (N-methyl/N-ethyl adjacent to an activating group) is 1. The van der Waals surface area contributed by atoms with Crippen LogP contribution in [0.1, 0.15) is 24.5 Å². The lowest BCUT2D eigenvalue weighted by molar-refractivity contribution is -0.137. The van der Waals surface area contributed by atoms with Gasteiger partial charge in [0.05, 0.1) is 23.5 Å². The largest absolute Gasteiger partial charge is 0.418 e. The van der Waals surface area contributed by atoms with Crippen LogP contribution in [-0.2, 0) is 32.0 Å². The molecule has 0 atom stereocenters. The zero-order valence-corrected chi connectivity index (χ0v) is 18.4. The molecule has 32 heavy (non-hydrogen) atoms. The van der Waals surface area contributed by atoms with Crippen molar-refractivity contribution >= 4 is 27.3 Å². The van der Waals surface area contributed by atoms with Gasteiger partial charge in [-0.25, -0.2) is 8.42 Å². The number of hydrogen-bond acceptors (Lipinski definition) is 4. The Morgan fingerprint density at radius 2 is 1.62 bits per heavy atom. The minimum Gasteiger partial charge on any atom is -0.333 e.